The third-order valence-corrected chi connectivity index (χ3v) is 6.35. The molecule has 1 unspecified atom stereocenters. The van der Waals surface area contributed by atoms with Gasteiger partial charge >= 0.3 is 0 Å². The summed E-state index contributed by atoms with van der Waals surface area (Å²) in [4.78, 5) is 0. The minimum atomic E-state index is -3.29. The summed E-state index contributed by atoms with van der Waals surface area (Å²) in [5, 5.41) is 3.79. The van der Waals surface area contributed by atoms with Crippen LogP contribution in [0.15, 0.2) is 10.6 Å². The summed E-state index contributed by atoms with van der Waals surface area (Å²) in [6.45, 7) is 4.47. The molecule has 6 heteroatoms. The van der Waals surface area contributed by atoms with Crippen molar-refractivity contribution >= 4 is 10.0 Å². The molecule has 2 heterocycles. The van der Waals surface area contributed by atoms with Crippen LogP contribution in [-0.2, 0) is 15.8 Å². The van der Waals surface area contributed by atoms with Gasteiger partial charge in [-0.15, -0.1) is 0 Å². The van der Waals surface area contributed by atoms with Crippen LogP contribution in [-0.4, -0.2) is 30.5 Å². The highest BCUT2D eigenvalue weighted by Gasteiger charge is 2.49. The molecule has 1 aliphatic heterocycles. The Morgan fingerprint density at radius 3 is 2.74 bits per heavy atom. The van der Waals surface area contributed by atoms with E-state index in [2.05, 4.69) is 5.16 Å². The maximum absolute atomic E-state index is 12.5. The molecule has 0 amide bonds. The Hall–Kier alpha value is -0.880. The lowest BCUT2D eigenvalue weighted by atomic mass is 9.68. The number of rotatable bonds is 3. The van der Waals surface area contributed by atoms with Crippen LogP contribution in [0.3, 0.4) is 0 Å². The maximum Gasteiger partial charge on any atom is 0.220 e. The first-order valence-corrected chi connectivity index (χ1v) is 8.43. The molecule has 0 bridgehead atoms. The van der Waals surface area contributed by atoms with Crippen molar-refractivity contribution in [2.45, 2.75) is 51.3 Å². The van der Waals surface area contributed by atoms with Crippen LogP contribution in [0.5, 0.6) is 0 Å². The van der Waals surface area contributed by atoms with Crippen molar-refractivity contribution in [1.29, 1.82) is 0 Å². The monoisotopic (exact) mass is 284 g/mol. The highest BCUT2D eigenvalue weighted by atomic mass is 32.2. The molecular formula is C13H20N2O3S. The van der Waals surface area contributed by atoms with E-state index in [0.29, 0.717) is 18.0 Å². The molecule has 106 valence electrons. The van der Waals surface area contributed by atoms with E-state index in [9.17, 15) is 8.42 Å². The van der Waals surface area contributed by atoms with Crippen LogP contribution in [0.25, 0.3) is 0 Å². The van der Waals surface area contributed by atoms with E-state index in [1.54, 1.807) is 17.3 Å². The van der Waals surface area contributed by atoms with E-state index >= 15 is 0 Å². The minimum absolute atomic E-state index is 0.0508. The van der Waals surface area contributed by atoms with E-state index < -0.39 is 10.0 Å². The Labute approximate surface area is 114 Å². The van der Waals surface area contributed by atoms with Gasteiger partial charge in [0.25, 0.3) is 0 Å². The fourth-order valence-corrected chi connectivity index (χ4v) is 5.22. The zero-order valence-corrected chi connectivity index (χ0v) is 12.2. The normalized spacial score (nSPS) is 26.7. The van der Waals surface area contributed by atoms with Crippen LogP contribution in [0, 0.1) is 12.3 Å². The zero-order valence-electron chi connectivity index (χ0n) is 11.4. The topological polar surface area (TPSA) is 63.4 Å². The average Bonchev–Trinajstić information content (AvgIpc) is 2.81. The molecule has 0 aromatic carbocycles. The molecule has 2 aliphatic rings. The van der Waals surface area contributed by atoms with Crippen molar-refractivity contribution in [3.63, 3.8) is 0 Å². The summed E-state index contributed by atoms with van der Waals surface area (Å²) in [6.07, 6.45) is 4.59. The maximum atomic E-state index is 12.5. The molecule has 1 saturated heterocycles. The smallest absolute Gasteiger partial charge is 0.220 e. The van der Waals surface area contributed by atoms with Crippen LogP contribution >= 0.6 is 0 Å². The average molecular weight is 284 g/mol. The van der Waals surface area contributed by atoms with Gasteiger partial charge in [-0.1, -0.05) is 11.6 Å². The van der Waals surface area contributed by atoms with Gasteiger partial charge < -0.3 is 4.52 Å². The van der Waals surface area contributed by atoms with Gasteiger partial charge in [0.2, 0.25) is 10.0 Å². The van der Waals surface area contributed by atoms with Gasteiger partial charge in [0, 0.05) is 18.7 Å². The summed E-state index contributed by atoms with van der Waals surface area (Å²) >= 11 is 0. The Balaban J connectivity index is 1.77. The second kappa shape index (κ2) is 4.31. The van der Waals surface area contributed by atoms with Gasteiger partial charge in [0.05, 0.1) is 0 Å². The lowest BCUT2D eigenvalue weighted by Crippen LogP contribution is -2.38. The first-order valence-electron chi connectivity index (χ1n) is 6.82. The molecule has 1 aromatic rings. The van der Waals surface area contributed by atoms with Gasteiger partial charge in [0.15, 0.2) is 0 Å². The number of nitrogens with zero attached hydrogens (tertiary/aromatic N) is 2. The highest BCUT2D eigenvalue weighted by Crippen LogP contribution is 2.51. The lowest BCUT2D eigenvalue weighted by Gasteiger charge is -2.38. The molecule has 1 aromatic heterocycles. The first kappa shape index (κ1) is 13.1. The highest BCUT2D eigenvalue weighted by molar-refractivity contribution is 7.88. The van der Waals surface area contributed by atoms with Gasteiger partial charge in [-0.25, -0.2) is 8.42 Å². The van der Waals surface area contributed by atoms with Crippen molar-refractivity contribution < 1.29 is 12.9 Å². The van der Waals surface area contributed by atoms with Crippen molar-refractivity contribution in [1.82, 2.24) is 9.46 Å². The molecule has 0 N–H and O–H groups in total. The van der Waals surface area contributed by atoms with Crippen molar-refractivity contribution in [3.05, 3.63) is 17.5 Å². The molecule has 1 spiro atoms. The largest absolute Gasteiger partial charge is 0.361 e. The van der Waals surface area contributed by atoms with Crippen molar-refractivity contribution in [2.75, 3.05) is 6.54 Å². The third-order valence-electron chi connectivity index (χ3n) is 4.49. The zero-order chi connectivity index (χ0) is 13.7. The van der Waals surface area contributed by atoms with E-state index in [-0.39, 0.29) is 17.2 Å². The molecule has 1 aliphatic carbocycles. The third kappa shape index (κ3) is 2.31. The summed E-state index contributed by atoms with van der Waals surface area (Å²) in [5.74, 6) is 0.597. The number of hydrogen-bond acceptors (Lipinski definition) is 4. The van der Waals surface area contributed by atoms with Gasteiger partial charge in [-0.05, 0) is 38.5 Å². The van der Waals surface area contributed by atoms with Gasteiger partial charge in [-0.2, -0.15) is 4.31 Å². The standard InChI is InChI=1S/C13H20N2O3S/c1-10-7-13(4-3-5-13)9-15(10)19(16,17)8-12-6-11(2)18-14-12/h6,10H,3-5,7-9H2,1-2H3. The fourth-order valence-electron chi connectivity index (χ4n) is 3.45. The predicted octanol–water partition coefficient (Wildman–Crippen LogP) is 2.08. The number of sulfonamides is 1. The van der Waals surface area contributed by atoms with E-state index in [1.165, 1.54) is 19.3 Å². The number of aromatic nitrogens is 1. The summed E-state index contributed by atoms with van der Waals surface area (Å²) in [6, 6.07) is 1.80. The van der Waals surface area contributed by atoms with E-state index in [1.807, 2.05) is 6.92 Å². The van der Waals surface area contributed by atoms with E-state index in [4.69, 9.17) is 4.52 Å². The molecule has 0 radical (unpaired) electrons. The van der Waals surface area contributed by atoms with Gasteiger partial charge in [0.1, 0.15) is 17.2 Å². The molecule has 19 heavy (non-hydrogen) atoms. The Bertz CT molecular complexity index is 574. The van der Waals surface area contributed by atoms with Gasteiger partial charge in [-0.3, -0.25) is 0 Å². The van der Waals surface area contributed by atoms with Crippen LogP contribution in [0.2, 0.25) is 0 Å². The van der Waals surface area contributed by atoms with Crippen LogP contribution < -0.4 is 0 Å². The van der Waals surface area contributed by atoms with E-state index in [0.717, 1.165) is 6.42 Å². The van der Waals surface area contributed by atoms with Crippen molar-refractivity contribution in [2.24, 2.45) is 5.41 Å². The SMILES string of the molecule is Cc1cc(CS(=O)(=O)N2CC3(CCC3)CC2C)no1. The Kier molecular flexibility index (Phi) is 2.98. The predicted molar refractivity (Wildman–Crippen MR) is 70.9 cm³/mol. The number of aryl methyl sites for hydroxylation is 1. The number of hydrogen-bond donors (Lipinski definition) is 0. The molecular weight excluding hydrogens is 264 g/mol. The minimum Gasteiger partial charge on any atom is -0.361 e. The molecule has 3 rings (SSSR count). The molecule has 5 nitrogen and oxygen atoms in total. The van der Waals surface area contributed by atoms with Crippen LogP contribution in [0.4, 0.5) is 0 Å². The first-order chi connectivity index (χ1) is 8.90. The Morgan fingerprint density at radius 2 is 2.26 bits per heavy atom. The Morgan fingerprint density at radius 1 is 1.53 bits per heavy atom. The second-order valence-electron chi connectivity index (χ2n) is 6.14. The summed E-state index contributed by atoms with van der Waals surface area (Å²) < 4.78 is 31.6. The molecule has 1 atom stereocenters. The molecule has 2 fully saturated rings. The summed E-state index contributed by atoms with van der Waals surface area (Å²) in [5.41, 5.74) is 0.769. The fraction of sp³-hybridized carbons (Fsp3) is 0.769. The van der Waals surface area contributed by atoms with Crippen molar-refractivity contribution in [3.8, 4) is 0 Å². The summed E-state index contributed by atoms with van der Waals surface area (Å²) in [7, 11) is -3.29. The quantitative estimate of drug-likeness (QED) is 0.852. The lowest BCUT2D eigenvalue weighted by molar-refractivity contribution is 0.152. The van der Waals surface area contributed by atoms with Crippen LogP contribution in [0.1, 0.15) is 44.1 Å². The molecule has 1 saturated carbocycles. The second-order valence-corrected chi connectivity index (χ2v) is 8.06.